The molecular weight excluding hydrogens is 387 g/mol. The Balaban J connectivity index is 1.99. The minimum absolute atomic E-state index is 0.0971. The monoisotopic (exact) mass is 408 g/mol. The van der Waals surface area contributed by atoms with Crippen LogP contribution >= 0.6 is 23.2 Å². The van der Waals surface area contributed by atoms with Crippen LogP contribution in [0.5, 0.6) is 5.75 Å². The lowest BCUT2D eigenvalue weighted by molar-refractivity contribution is 0.0725. The molecule has 0 saturated carbocycles. The standard InChI is InChI=1S/C20H22Cl2N2O3/c1-10(2)27-16-8-15(21)13-5-6-24(20(26)17(13)18(16)22)9-14-11(3)7-12(4)23-19(14)25/h7-8,10H,5-6,9H2,1-4H3,(H,23,25). The van der Waals surface area contributed by atoms with E-state index in [1.807, 2.05) is 33.8 Å². The van der Waals surface area contributed by atoms with Crippen LogP contribution in [0.4, 0.5) is 0 Å². The molecule has 0 radical (unpaired) electrons. The SMILES string of the molecule is Cc1cc(C)c(CN2CCc3c(Cl)cc(OC(C)C)c(Cl)c3C2=O)c(=O)[nH]1. The van der Waals surface area contributed by atoms with Gasteiger partial charge in [-0.1, -0.05) is 23.2 Å². The number of benzene rings is 1. The van der Waals surface area contributed by atoms with Gasteiger partial charge in [0.25, 0.3) is 11.5 Å². The van der Waals surface area contributed by atoms with E-state index in [1.54, 1.807) is 11.0 Å². The summed E-state index contributed by atoms with van der Waals surface area (Å²) in [6, 6.07) is 3.57. The topological polar surface area (TPSA) is 62.4 Å². The fourth-order valence-electron chi connectivity index (χ4n) is 3.37. The van der Waals surface area contributed by atoms with Gasteiger partial charge in [0, 0.05) is 28.9 Å². The molecule has 1 amide bonds. The molecule has 3 rings (SSSR count). The average molecular weight is 409 g/mol. The van der Waals surface area contributed by atoms with Crippen LogP contribution in [0.25, 0.3) is 0 Å². The molecule has 7 heteroatoms. The largest absolute Gasteiger partial charge is 0.489 e. The van der Waals surface area contributed by atoms with Crippen molar-refractivity contribution in [2.45, 2.75) is 46.8 Å². The number of rotatable bonds is 4. The molecule has 0 saturated heterocycles. The summed E-state index contributed by atoms with van der Waals surface area (Å²) in [5.41, 5.74) is 3.15. The van der Waals surface area contributed by atoms with E-state index in [2.05, 4.69) is 4.98 Å². The van der Waals surface area contributed by atoms with Crippen LogP contribution in [-0.4, -0.2) is 28.4 Å². The number of hydrogen-bond acceptors (Lipinski definition) is 3. The summed E-state index contributed by atoms with van der Waals surface area (Å²) < 4.78 is 5.70. The van der Waals surface area contributed by atoms with Crippen LogP contribution in [0.1, 0.15) is 46.6 Å². The van der Waals surface area contributed by atoms with Crippen molar-refractivity contribution >= 4 is 29.1 Å². The number of H-pyrrole nitrogens is 1. The molecule has 0 atom stereocenters. The Bertz CT molecular complexity index is 967. The molecule has 27 heavy (non-hydrogen) atoms. The second-order valence-electron chi connectivity index (χ2n) is 7.11. The Labute approximate surface area is 168 Å². The summed E-state index contributed by atoms with van der Waals surface area (Å²) in [6.07, 6.45) is 0.477. The predicted octanol–water partition coefficient (Wildman–Crippen LogP) is 4.28. The van der Waals surface area contributed by atoms with Crippen LogP contribution in [0.3, 0.4) is 0 Å². The Hall–Kier alpha value is -1.98. The number of hydrogen-bond donors (Lipinski definition) is 1. The molecule has 1 aromatic heterocycles. The first kappa shape index (κ1) is 19.8. The number of nitrogens with zero attached hydrogens (tertiary/aromatic N) is 1. The van der Waals surface area contributed by atoms with Crippen LogP contribution in [0.2, 0.25) is 10.0 Å². The average Bonchev–Trinajstić information content (AvgIpc) is 2.56. The summed E-state index contributed by atoms with van der Waals surface area (Å²) in [5, 5.41) is 0.745. The van der Waals surface area contributed by atoms with E-state index >= 15 is 0 Å². The van der Waals surface area contributed by atoms with Crippen molar-refractivity contribution in [2.24, 2.45) is 0 Å². The number of ether oxygens (including phenoxy) is 1. The molecule has 0 bridgehead atoms. The van der Waals surface area contributed by atoms with Gasteiger partial charge >= 0.3 is 0 Å². The fourth-order valence-corrected chi connectivity index (χ4v) is 3.96. The van der Waals surface area contributed by atoms with E-state index in [1.165, 1.54) is 0 Å². The van der Waals surface area contributed by atoms with Gasteiger partial charge in [-0.05, 0) is 51.3 Å². The number of aromatic amines is 1. The summed E-state index contributed by atoms with van der Waals surface area (Å²) in [4.78, 5) is 29.9. The highest BCUT2D eigenvalue weighted by Crippen LogP contribution is 2.39. The van der Waals surface area contributed by atoms with Gasteiger partial charge in [-0.3, -0.25) is 9.59 Å². The molecule has 2 heterocycles. The van der Waals surface area contributed by atoms with Gasteiger partial charge in [0.1, 0.15) is 5.75 Å². The molecular formula is C20H22Cl2N2O3. The number of nitrogens with one attached hydrogen (secondary N) is 1. The molecule has 144 valence electrons. The molecule has 1 aliphatic rings. The van der Waals surface area contributed by atoms with E-state index in [9.17, 15) is 9.59 Å². The maximum absolute atomic E-state index is 13.1. The number of fused-ring (bicyclic) bond motifs is 1. The number of carbonyl (C=O) groups is 1. The number of carbonyl (C=O) groups excluding carboxylic acids is 1. The van der Waals surface area contributed by atoms with E-state index in [0.29, 0.717) is 34.9 Å². The Morgan fingerprint density at radius 2 is 1.93 bits per heavy atom. The lowest BCUT2D eigenvalue weighted by Gasteiger charge is -2.30. The van der Waals surface area contributed by atoms with Crippen molar-refractivity contribution in [1.29, 1.82) is 0 Å². The minimum Gasteiger partial charge on any atom is -0.489 e. The highest BCUT2D eigenvalue weighted by molar-refractivity contribution is 6.38. The smallest absolute Gasteiger partial charge is 0.256 e. The zero-order chi connectivity index (χ0) is 19.9. The highest BCUT2D eigenvalue weighted by atomic mass is 35.5. The van der Waals surface area contributed by atoms with E-state index in [0.717, 1.165) is 16.8 Å². The number of aryl methyl sites for hydroxylation is 2. The molecule has 0 aliphatic carbocycles. The van der Waals surface area contributed by atoms with Crippen molar-refractivity contribution in [3.05, 3.63) is 60.5 Å². The maximum atomic E-state index is 13.1. The van der Waals surface area contributed by atoms with E-state index in [4.69, 9.17) is 27.9 Å². The van der Waals surface area contributed by atoms with E-state index in [-0.39, 0.29) is 29.1 Å². The summed E-state index contributed by atoms with van der Waals surface area (Å²) in [7, 11) is 0. The van der Waals surface area contributed by atoms with Crippen molar-refractivity contribution in [3.63, 3.8) is 0 Å². The number of amides is 1. The normalized spacial score (nSPS) is 13.9. The molecule has 1 N–H and O–H groups in total. The second-order valence-corrected chi connectivity index (χ2v) is 7.90. The number of halogens is 2. The van der Waals surface area contributed by atoms with E-state index < -0.39 is 0 Å². The maximum Gasteiger partial charge on any atom is 0.256 e. The molecule has 0 fully saturated rings. The summed E-state index contributed by atoms with van der Waals surface area (Å²) in [5.74, 6) is 0.159. The van der Waals surface area contributed by atoms with Gasteiger partial charge in [-0.2, -0.15) is 0 Å². The first-order valence-electron chi connectivity index (χ1n) is 8.85. The Kier molecular flexibility index (Phi) is 5.54. The van der Waals surface area contributed by atoms with Gasteiger partial charge in [0.2, 0.25) is 0 Å². The van der Waals surface area contributed by atoms with Crippen LogP contribution < -0.4 is 10.3 Å². The first-order chi connectivity index (χ1) is 12.7. The number of aromatic nitrogens is 1. The second kappa shape index (κ2) is 7.56. The van der Waals surface area contributed by atoms with Crippen molar-refractivity contribution in [2.75, 3.05) is 6.54 Å². The predicted molar refractivity (Wildman–Crippen MR) is 107 cm³/mol. The fraction of sp³-hybridized carbons (Fsp3) is 0.400. The van der Waals surface area contributed by atoms with Gasteiger partial charge in [0.15, 0.2) is 0 Å². The zero-order valence-electron chi connectivity index (χ0n) is 15.8. The van der Waals surface area contributed by atoms with Crippen molar-refractivity contribution in [1.82, 2.24) is 9.88 Å². The minimum atomic E-state index is -0.239. The quantitative estimate of drug-likeness (QED) is 0.820. The van der Waals surface area contributed by atoms with Gasteiger partial charge in [-0.25, -0.2) is 0 Å². The number of pyridine rings is 1. The Morgan fingerprint density at radius 1 is 1.22 bits per heavy atom. The van der Waals surface area contributed by atoms with Gasteiger partial charge in [0.05, 0.1) is 23.2 Å². The zero-order valence-corrected chi connectivity index (χ0v) is 17.3. The molecule has 1 aromatic carbocycles. The van der Waals surface area contributed by atoms with Crippen molar-refractivity contribution < 1.29 is 9.53 Å². The third-order valence-electron chi connectivity index (χ3n) is 4.62. The highest BCUT2D eigenvalue weighted by Gasteiger charge is 2.31. The van der Waals surface area contributed by atoms with Crippen molar-refractivity contribution in [3.8, 4) is 5.75 Å². The molecule has 0 spiro atoms. The van der Waals surface area contributed by atoms with Crippen LogP contribution in [0.15, 0.2) is 16.9 Å². The molecule has 5 nitrogen and oxygen atoms in total. The summed E-state index contributed by atoms with van der Waals surface area (Å²) in [6.45, 7) is 8.16. The third kappa shape index (κ3) is 3.85. The summed E-state index contributed by atoms with van der Waals surface area (Å²) >= 11 is 12.9. The lowest BCUT2D eigenvalue weighted by Crippen LogP contribution is -2.39. The molecule has 2 aromatic rings. The molecule has 1 aliphatic heterocycles. The Morgan fingerprint density at radius 3 is 2.56 bits per heavy atom. The van der Waals surface area contributed by atoms with Gasteiger partial charge in [-0.15, -0.1) is 0 Å². The third-order valence-corrected chi connectivity index (χ3v) is 5.33. The van der Waals surface area contributed by atoms with Crippen LogP contribution in [0, 0.1) is 13.8 Å². The first-order valence-corrected chi connectivity index (χ1v) is 9.60. The van der Waals surface area contributed by atoms with Gasteiger partial charge < -0.3 is 14.6 Å². The van der Waals surface area contributed by atoms with Crippen LogP contribution in [-0.2, 0) is 13.0 Å². The molecule has 0 unspecified atom stereocenters. The lowest BCUT2D eigenvalue weighted by atomic mass is 9.97.